The van der Waals surface area contributed by atoms with E-state index in [1.165, 1.54) is 0 Å². The molecular weight excluding hydrogens is 472 g/mol. The number of hydrogen-bond acceptors (Lipinski definition) is 5. The minimum atomic E-state index is -1.40. The molecule has 3 aromatic carbocycles. The zero-order chi connectivity index (χ0) is 26.7. The fraction of sp³-hybridized carbons (Fsp3) is 0.310. The zero-order valence-corrected chi connectivity index (χ0v) is 21.5. The lowest BCUT2D eigenvalue weighted by atomic mass is 9.96. The van der Waals surface area contributed by atoms with E-state index in [2.05, 4.69) is 5.32 Å². The molecule has 1 atom stereocenters. The van der Waals surface area contributed by atoms with Gasteiger partial charge in [-0.2, -0.15) is 0 Å². The van der Waals surface area contributed by atoms with Crippen molar-refractivity contribution < 1.29 is 28.9 Å². The SMILES string of the molecule is CCOc1ccc(NC(=O)N(C)CCCOc2ccc(C[C@](C)(Oc3ccccc3)C(=O)O)cc2)cc1. The van der Waals surface area contributed by atoms with Gasteiger partial charge >= 0.3 is 12.0 Å². The van der Waals surface area contributed by atoms with Crippen LogP contribution < -0.4 is 19.5 Å². The number of benzene rings is 3. The van der Waals surface area contributed by atoms with Gasteiger partial charge in [0.2, 0.25) is 5.60 Å². The number of hydrogen-bond donors (Lipinski definition) is 2. The van der Waals surface area contributed by atoms with Crippen molar-refractivity contribution in [3.8, 4) is 17.2 Å². The van der Waals surface area contributed by atoms with Crippen molar-refractivity contribution >= 4 is 17.7 Å². The normalized spacial score (nSPS) is 12.2. The summed E-state index contributed by atoms with van der Waals surface area (Å²) < 4.78 is 17.0. The number of carbonyl (C=O) groups is 2. The highest BCUT2D eigenvalue weighted by atomic mass is 16.5. The molecule has 0 saturated carbocycles. The summed E-state index contributed by atoms with van der Waals surface area (Å²) in [4.78, 5) is 25.9. The summed E-state index contributed by atoms with van der Waals surface area (Å²) >= 11 is 0. The summed E-state index contributed by atoms with van der Waals surface area (Å²) in [5.41, 5.74) is 0.115. The molecule has 8 heteroatoms. The Labute approximate surface area is 217 Å². The third-order valence-corrected chi connectivity index (χ3v) is 5.67. The van der Waals surface area contributed by atoms with E-state index in [0.29, 0.717) is 43.4 Å². The Morgan fingerprint density at radius 2 is 1.51 bits per heavy atom. The summed E-state index contributed by atoms with van der Waals surface area (Å²) in [6.07, 6.45) is 0.850. The third kappa shape index (κ3) is 8.45. The summed E-state index contributed by atoms with van der Waals surface area (Å²) in [6.45, 7) is 5.03. The maximum atomic E-state index is 12.4. The van der Waals surface area contributed by atoms with E-state index in [9.17, 15) is 14.7 Å². The first-order valence-electron chi connectivity index (χ1n) is 12.2. The van der Waals surface area contributed by atoms with Gasteiger partial charge < -0.3 is 29.5 Å². The van der Waals surface area contributed by atoms with Gasteiger partial charge in [-0.25, -0.2) is 9.59 Å². The number of aliphatic carboxylic acids is 1. The number of urea groups is 1. The van der Waals surface area contributed by atoms with Crippen molar-refractivity contribution in [2.24, 2.45) is 0 Å². The fourth-order valence-electron chi connectivity index (χ4n) is 3.61. The smallest absolute Gasteiger partial charge is 0.348 e. The number of carbonyl (C=O) groups excluding carboxylic acids is 1. The third-order valence-electron chi connectivity index (χ3n) is 5.67. The molecule has 196 valence electrons. The van der Waals surface area contributed by atoms with E-state index in [0.717, 1.165) is 11.3 Å². The van der Waals surface area contributed by atoms with E-state index in [4.69, 9.17) is 14.2 Å². The number of ether oxygens (including phenoxy) is 3. The molecular formula is C29H34N2O6. The molecule has 0 radical (unpaired) electrons. The first kappa shape index (κ1) is 27.4. The topological polar surface area (TPSA) is 97.3 Å². The average Bonchev–Trinajstić information content (AvgIpc) is 2.89. The highest BCUT2D eigenvalue weighted by Crippen LogP contribution is 2.24. The predicted octanol–water partition coefficient (Wildman–Crippen LogP) is 5.48. The van der Waals surface area contributed by atoms with Gasteiger partial charge in [0.15, 0.2) is 0 Å². The van der Waals surface area contributed by atoms with Gasteiger partial charge in [-0.05, 0) is 74.4 Å². The molecule has 2 amide bonds. The van der Waals surface area contributed by atoms with Gasteiger partial charge in [0.05, 0.1) is 13.2 Å². The van der Waals surface area contributed by atoms with E-state index in [1.807, 2.05) is 49.4 Å². The standard InChI is InChI=1S/C29H34N2O6/c1-4-35-24-17-13-23(14-18-24)30-28(34)31(3)19-8-20-36-25-15-11-22(12-16-25)21-29(2,27(32)33)37-26-9-6-5-7-10-26/h5-7,9-18H,4,8,19-21H2,1-3H3,(H,30,34)(H,32,33)/t29-/m0/s1. The predicted molar refractivity (Wildman–Crippen MR) is 143 cm³/mol. The molecule has 0 spiro atoms. The number of amides is 2. The van der Waals surface area contributed by atoms with Crippen LogP contribution >= 0.6 is 0 Å². The van der Waals surface area contributed by atoms with Crippen LogP contribution in [0.3, 0.4) is 0 Å². The molecule has 0 bridgehead atoms. The second-order valence-corrected chi connectivity index (χ2v) is 8.78. The van der Waals surface area contributed by atoms with Crippen LogP contribution in [-0.2, 0) is 11.2 Å². The Balaban J connectivity index is 1.42. The molecule has 0 saturated heterocycles. The van der Waals surface area contributed by atoms with Crippen LogP contribution in [-0.4, -0.2) is 54.4 Å². The van der Waals surface area contributed by atoms with Crippen LogP contribution in [0.4, 0.5) is 10.5 Å². The Morgan fingerprint density at radius 1 is 0.892 bits per heavy atom. The Hall–Kier alpha value is -4.20. The number of para-hydroxylation sites is 1. The van der Waals surface area contributed by atoms with Crippen LogP contribution in [0.15, 0.2) is 78.9 Å². The second kappa shape index (κ2) is 13.2. The number of nitrogens with zero attached hydrogens (tertiary/aromatic N) is 1. The lowest BCUT2D eigenvalue weighted by Gasteiger charge is -2.26. The van der Waals surface area contributed by atoms with Crippen molar-refractivity contribution in [1.82, 2.24) is 4.90 Å². The number of carboxylic acids is 1. The molecule has 2 N–H and O–H groups in total. The Kier molecular flexibility index (Phi) is 9.77. The number of carboxylic acid groups (broad SMARTS) is 1. The Bertz CT molecular complexity index is 1140. The zero-order valence-electron chi connectivity index (χ0n) is 21.5. The summed E-state index contributed by atoms with van der Waals surface area (Å²) in [5, 5.41) is 12.6. The molecule has 0 unspecified atom stereocenters. The van der Waals surface area contributed by atoms with Crippen molar-refractivity contribution in [3.63, 3.8) is 0 Å². The van der Waals surface area contributed by atoms with Crippen molar-refractivity contribution in [1.29, 1.82) is 0 Å². The van der Waals surface area contributed by atoms with Gasteiger partial charge in [-0.1, -0.05) is 30.3 Å². The molecule has 0 aliphatic rings. The highest BCUT2D eigenvalue weighted by Gasteiger charge is 2.36. The minimum Gasteiger partial charge on any atom is -0.494 e. The van der Waals surface area contributed by atoms with E-state index in [1.54, 1.807) is 55.3 Å². The number of nitrogens with one attached hydrogen (secondary N) is 1. The van der Waals surface area contributed by atoms with Gasteiger partial charge in [0.25, 0.3) is 0 Å². The lowest BCUT2D eigenvalue weighted by molar-refractivity contribution is -0.153. The Morgan fingerprint density at radius 3 is 2.14 bits per heavy atom. The van der Waals surface area contributed by atoms with E-state index >= 15 is 0 Å². The molecule has 0 fully saturated rings. The molecule has 0 aliphatic heterocycles. The van der Waals surface area contributed by atoms with Gasteiger partial charge in [-0.15, -0.1) is 0 Å². The van der Waals surface area contributed by atoms with Crippen LogP contribution in [0.25, 0.3) is 0 Å². The molecule has 0 aromatic heterocycles. The van der Waals surface area contributed by atoms with Crippen molar-refractivity contribution in [3.05, 3.63) is 84.4 Å². The molecule has 37 heavy (non-hydrogen) atoms. The summed E-state index contributed by atoms with van der Waals surface area (Å²) in [6, 6.07) is 23.2. The summed E-state index contributed by atoms with van der Waals surface area (Å²) in [5.74, 6) is 0.902. The average molecular weight is 507 g/mol. The highest BCUT2D eigenvalue weighted by molar-refractivity contribution is 5.89. The molecule has 3 rings (SSSR count). The van der Waals surface area contributed by atoms with Gasteiger partial charge in [0.1, 0.15) is 17.2 Å². The van der Waals surface area contributed by atoms with Crippen molar-refractivity contribution in [2.75, 3.05) is 32.1 Å². The second-order valence-electron chi connectivity index (χ2n) is 8.78. The van der Waals surface area contributed by atoms with Gasteiger partial charge in [0, 0.05) is 25.7 Å². The summed E-state index contributed by atoms with van der Waals surface area (Å²) in [7, 11) is 1.73. The van der Waals surface area contributed by atoms with E-state index < -0.39 is 11.6 Å². The monoisotopic (exact) mass is 506 g/mol. The van der Waals surface area contributed by atoms with Gasteiger partial charge in [-0.3, -0.25) is 0 Å². The first-order valence-corrected chi connectivity index (χ1v) is 12.2. The molecule has 0 aliphatic carbocycles. The van der Waals surface area contributed by atoms with Crippen molar-refractivity contribution in [2.45, 2.75) is 32.3 Å². The largest absolute Gasteiger partial charge is 0.494 e. The number of anilines is 1. The van der Waals surface area contributed by atoms with E-state index in [-0.39, 0.29) is 12.5 Å². The first-order chi connectivity index (χ1) is 17.8. The fourth-order valence-corrected chi connectivity index (χ4v) is 3.61. The molecule has 0 heterocycles. The van der Waals surface area contributed by atoms with Crippen LogP contribution in [0.2, 0.25) is 0 Å². The lowest BCUT2D eigenvalue weighted by Crippen LogP contribution is -2.43. The quantitative estimate of drug-likeness (QED) is 0.298. The molecule has 3 aromatic rings. The minimum absolute atomic E-state index is 0.200. The van der Waals surface area contributed by atoms with Crippen LogP contribution in [0.5, 0.6) is 17.2 Å². The van der Waals surface area contributed by atoms with Crippen LogP contribution in [0.1, 0.15) is 25.8 Å². The molecule has 8 nitrogen and oxygen atoms in total. The maximum Gasteiger partial charge on any atom is 0.348 e. The number of rotatable bonds is 13. The maximum absolute atomic E-state index is 12.4. The van der Waals surface area contributed by atoms with Crippen LogP contribution in [0, 0.1) is 0 Å².